The Balaban J connectivity index is 2.34. The molecule has 0 aromatic heterocycles. The summed E-state index contributed by atoms with van der Waals surface area (Å²) in [5, 5.41) is 0. The molecule has 1 N–H and O–H groups in total. The zero-order valence-corrected chi connectivity index (χ0v) is 37.1. The van der Waals surface area contributed by atoms with Crippen LogP contribution in [0.4, 0.5) is 0 Å². The van der Waals surface area contributed by atoms with Crippen molar-refractivity contribution < 1.29 is 46.8 Å². The Bertz CT molecular complexity index is 1270. The van der Waals surface area contributed by atoms with Crippen molar-refractivity contribution in [3.05, 3.63) is 72.9 Å². The highest BCUT2D eigenvalue weighted by atomic mass is 31.2. The van der Waals surface area contributed by atoms with Gasteiger partial charge in [0.15, 0.2) is 6.10 Å². The van der Waals surface area contributed by atoms with E-state index in [-0.39, 0.29) is 26.1 Å². The molecular formula is C46H79NO9P+. The number of ether oxygens (including phenoxy) is 3. The van der Waals surface area contributed by atoms with Gasteiger partial charge < -0.3 is 23.6 Å². The van der Waals surface area contributed by atoms with Gasteiger partial charge in [-0.2, -0.15) is 0 Å². The minimum absolute atomic E-state index is 0.0126. The maximum absolute atomic E-state index is 12.7. The fourth-order valence-electron chi connectivity index (χ4n) is 5.64. The smallest absolute Gasteiger partial charge is 0.462 e. The lowest BCUT2D eigenvalue weighted by Crippen LogP contribution is -2.37. The van der Waals surface area contributed by atoms with Gasteiger partial charge in [-0.05, 0) is 77.0 Å². The lowest BCUT2D eigenvalue weighted by molar-refractivity contribution is -0.870. The predicted octanol–water partition coefficient (Wildman–Crippen LogP) is 11.2. The first-order valence-electron chi connectivity index (χ1n) is 21.8. The Hall–Kier alpha value is -2.59. The number of carbonyl (C=O) groups is 2. The van der Waals surface area contributed by atoms with Crippen molar-refractivity contribution >= 4 is 19.8 Å². The summed E-state index contributed by atoms with van der Waals surface area (Å²) >= 11 is 0. The van der Waals surface area contributed by atoms with Crippen molar-refractivity contribution in [1.29, 1.82) is 0 Å². The van der Waals surface area contributed by atoms with E-state index >= 15 is 0 Å². The van der Waals surface area contributed by atoms with Crippen LogP contribution in [-0.2, 0) is 37.4 Å². The highest BCUT2D eigenvalue weighted by molar-refractivity contribution is 7.47. The molecule has 1 rings (SSSR count). The van der Waals surface area contributed by atoms with Gasteiger partial charge in [0.2, 0.25) is 0 Å². The highest BCUT2D eigenvalue weighted by Gasteiger charge is 2.36. The number of rotatable bonds is 37. The van der Waals surface area contributed by atoms with E-state index in [9.17, 15) is 19.0 Å². The number of nitrogens with zero attached hydrogens (tertiary/aromatic N) is 1. The quantitative estimate of drug-likeness (QED) is 0.0163. The second kappa shape index (κ2) is 34.3. The van der Waals surface area contributed by atoms with Crippen molar-refractivity contribution in [1.82, 2.24) is 0 Å². The van der Waals surface area contributed by atoms with Crippen LogP contribution in [-0.4, -0.2) is 87.1 Å². The summed E-state index contributed by atoms with van der Waals surface area (Å²) in [7, 11) is 1.41. The molecule has 0 radical (unpaired) electrons. The Morgan fingerprint density at radius 2 is 1.25 bits per heavy atom. The van der Waals surface area contributed by atoms with Gasteiger partial charge in [0.25, 0.3) is 0 Å². The second-order valence-corrected chi connectivity index (χ2v) is 17.2. The Morgan fingerprint density at radius 1 is 0.667 bits per heavy atom. The average Bonchev–Trinajstić information content (AvgIpc) is 3.91. The molecule has 1 heterocycles. The minimum Gasteiger partial charge on any atom is -0.462 e. The van der Waals surface area contributed by atoms with Crippen LogP contribution >= 0.6 is 7.82 Å². The number of phosphoric acid groups is 1. The summed E-state index contributed by atoms with van der Waals surface area (Å²) in [5.41, 5.74) is 0. The second-order valence-electron chi connectivity index (χ2n) is 15.7. The molecule has 1 aliphatic heterocycles. The van der Waals surface area contributed by atoms with Gasteiger partial charge in [0, 0.05) is 12.8 Å². The third-order valence-corrected chi connectivity index (χ3v) is 10.1. The van der Waals surface area contributed by atoms with Gasteiger partial charge in [-0.15, -0.1) is 0 Å². The van der Waals surface area contributed by atoms with Crippen LogP contribution < -0.4 is 0 Å². The fraction of sp³-hybridized carbons (Fsp3) is 0.696. The first-order valence-corrected chi connectivity index (χ1v) is 23.3. The van der Waals surface area contributed by atoms with E-state index < -0.39 is 32.5 Å². The third kappa shape index (κ3) is 35.1. The zero-order chi connectivity index (χ0) is 41.9. The molecule has 0 spiro atoms. The predicted molar refractivity (Wildman–Crippen MR) is 233 cm³/mol. The Labute approximate surface area is 346 Å². The van der Waals surface area contributed by atoms with Crippen LogP contribution in [0, 0.1) is 0 Å². The van der Waals surface area contributed by atoms with E-state index in [1.807, 2.05) is 27.2 Å². The number of carbonyl (C=O) groups excluding carboxylic acids is 2. The molecule has 0 aromatic rings. The molecule has 326 valence electrons. The van der Waals surface area contributed by atoms with E-state index in [1.165, 1.54) is 25.7 Å². The summed E-state index contributed by atoms with van der Waals surface area (Å²) in [6.45, 7) is 4.16. The molecule has 1 saturated heterocycles. The molecule has 0 saturated carbocycles. The van der Waals surface area contributed by atoms with Gasteiger partial charge in [0.05, 0.1) is 40.0 Å². The van der Waals surface area contributed by atoms with Crippen LogP contribution in [0.3, 0.4) is 0 Å². The summed E-state index contributed by atoms with van der Waals surface area (Å²) in [6, 6.07) is 0. The summed E-state index contributed by atoms with van der Waals surface area (Å²) < 4.78 is 40.0. The Morgan fingerprint density at radius 3 is 1.89 bits per heavy atom. The first kappa shape index (κ1) is 52.4. The number of allylic oxidation sites excluding steroid dienone is 11. The SMILES string of the molecule is CC/C=C\C/C=C\C/C=C\C/C=C\C/C=C\CCCC(=O)O[C@H](COC(=O)CCCCCCC/C=C\CC1OC1CCCCC)COP(=O)(O)OCC[N+](C)(C)C. The van der Waals surface area contributed by atoms with E-state index in [4.69, 9.17) is 23.3 Å². The number of likely N-dealkylation sites (N-methyl/N-ethyl adjacent to an activating group) is 1. The molecule has 4 atom stereocenters. The average molecular weight is 821 g/mol. The molecule has 0 aliphatic carbocycles. The molecule has 0 aromatic carbocycles. The lowest BCUT2D eigenvalue weighted by Gasteiger charge is -2.24. The zero-order valence-electron chi connectivity index (χ0n) is 36.2. The number of phosphoric ester groups is 1. The van der Waals surface area contributed by atoms with Crippen molar-refractivity contribution in [2.24, 2.45) is 0 Å². The number of epoxide rings is 1. The van der Waals surface area contributed by atoms with Crippen LogP contribution in [0.1, 0.15) is 142 Å². The summed E-state index contributed by atoms with van der Waals surface area (Å²) in [5.74, 6) is -0.896. The molecule has 1 fully saturated rings. The fourth-order valence-corrected chi connectivity index (χ4v) is 6.38. The van der Waals surface area contributed by atoms with Gasteiger partial charge in [-0.3, -0.25) is 18.6 Å². The van der Waals surface area contributed by atoms with E-state index in [0.717, 1.165) is 70.6 Å². The maximum Gasteiger partial charge on any atom is 0.472 e. The molecular weight excluding hydrogens is 741 g/mol. The van der Waals surface area contributed by atoms with Gasteiger partial charge in [-0.25, -0.2) is 4.57 Å². The number of esters is 2. The van der Waals surface area contributed by atoms with Crippen molar-refractivity contribution in [2.75, 3.05) is 47.5 Å². The molecule has 0 amide bonds. The van der Waals surface area contributed by atoms with Crippen LogP contribution in [0.15, 0.2) is 72.9 Å². The standard InChI is InChI=1S/C46H78NO9P/c1-6-8-10-11-12-13-14-15-16-17-18-19-20-21-26-29-33-37-46(49)55-42(41-54-57(50,51)53-39-38-47(3,4)5)40-52-45(48)36-32-28-25-23-22-24-27-31-35-44-43(56-44)34-30-9-7-2/h8,10,12-13,15-16,18-19,21,26-27,31,42-44H,6-7,9,11,14,17,20,22-25,28-30,32-41H2,1-5H3/p+1/b10-8-,13-12-,16-15-,19-18-,26-21-,31-27-/t42-,43?,44?/m1/s1. The van der Waals surface area contributed by atoms with Crippen molar-refractivity contribution in [3.8, 4) is 0 Å². The molecule has 3 unspecified atom stereocenters. The Kier molecular flexibility index (Phi) is 31.5. The van der Waals surface area contributed by atoms with Gasteiger partial charge in [-0.1, -0.05) is 125 Å². The minimum atomic E-state index is -4.40. The molecule has 11 heteroatoms. The largest absolute Gasteiger partial charge is 0.472 e. The van der Waals surface area contributed by atoms with E-state index in [2.05, 4.69) is 80.7 Å². The molecule has 10 nitrogen and oxygen atoms in total. The van der Waals surface area contributed by atoms with Crippen molar-refractivity contribution in [3.63, 3.8) is 0 Å². The topological polar surface area (TPSA) is 121 Å². The molecule has 0 bridgehead atoms. The summed E-state index contributed by atoms with van der Waals surface area (Å²) in [6.07, 6.45) is 44.1. The first-order chi connectivity index (χ1) is 27.5. The van der Waals surface area contributed by atoms with E-state index in [0.29, 0.717) is 42.5 Å². The normalized spacial score (nSPS) is 17.9. The maximum atomic E-state index is 12.7. The van der Waals surface area contributed by atoms with Crippen LogP contribution in [0.5, 0.6) is 0 Å². The number of hydrogen-bond donors (Lipinski definition) is 1. The lowest BCUT2D eigenvalue weighted by atomic mass is 10.1. The van der Waals surface area contributed by atoms with Crippen LogP contribution in [0.2, 0.25) is 0 Å². The van der Waals surface area contributed by atoms with Gasteiger partial charge in [0.1, 0.15) is 19.8 Å². The van der Waals surface area contributed by atoms with Crippen molar-refractivity contribution in [2.45, 2.75) is 161 Å². The number of unbranched alkanes of at least 4 members (excludes halogenated alkanes) is 8. The number of quaternary nitrogens is 1. The molecule has 57 heavy (non-hydrogen) atoms. The van der Waals surface area contributed by atoms with E-state index in [1.54, 1.807) is 0 Å². The van der Waals surface area contributed by atoms with Crippen LogP contribution in [0.25, 0.3) is 0 Å². The van der Waals surface area contributed by atoms with Gasteiger partial charge >= 0.3 is 19.8 Å². The number of hydrogen-bond acceptors (Lipinski definition) is 8. The third-order valence-electron chi connectivity index (χ3n) is 9.14. The molecule has 1 aliphatic rings. The monoisotopic (exact) mass is 821 g/mol. The highest BCUT2D eigenvalue weighted by Crippen LogP contribution is 2.43. The summed E-state index contributed by atoms with van der Waals surface area (Å²) in [4.78, 5) is 35.4.